The number of carbonyl (C=O) groups excluding carboxylic acids is 2. The van der Waals surface area contributed by atoms with E-state index in [-0.39, 0.29) is 0 Å². The zero-order valence-electron chi connectivity index (χ0n) is 11.4. The summed E-state index contributed by atoms with van der Waals surface area (Å²) in [6.45, 7) is 2.36. The molecule has 0 aromatic heterocycles. The molecule has 1 fully saturated rings. The molecule has 0 atom stereocenters. The van der Waals surface area contributed by atoms with Gasteiger partial charge in [-0.1, -0.05) is 39.0 Å². The molecular weight excluding hydrogens is 240 g/mol. The van der Waals surface area contributed by atoms with Crippen molar-refractivity contribution in [2.75, 3.05) is 0 Å². The van der Waals surface area contributed by atoms with Gasteiger partial charge >= 0.3 is 0 Å². The number of nitrogens with two attached hydrogens (primary N) is 2. The lowest BCUT2D eigenvalue weighted by Gasteiger charge is -2.15. The Morgan fingerprint density at radius 2 is 1.26 bits per heavy atom. The number of hydrogen-bond donors (Lipinski definition) is 2. The summed E-state index contributed by atoms with van der Waals surface area (Å²) >= 11 is 0. The van der Waals surface area contributed by atoms with Gasteiger partial charge in [-0.25, -0.2) is 0 Å². The van der Waals surface area contributed by atoms with Gasteiger partial charge in [0, 0.05) is 11.1 Å². The molecule has 1 aromatic carbocycles. The Morgan fingerprint density at radius 1 is 0.895 bits per heavy atom. The largest absolute Gasteiger partial charge is 0.366 e. The second kappa shape index (κ2) is 7.56. The molecule has 0 radical (unpaired) electrons. The highest BCUT2D eigenvalue weighted by Crippen LogP contribution is 2.22. The van der Waals surface area contributed by atoms with Gasteiger partial charge in [0.05, 0.1) is 0 Å². The van der Waals surface area contributed by atoms with Crippen molar-refractivity contribution in [1.82, 2.24) is 0 Å². The minimum Gasteiger partial charge on any atom is -0.366 e. The van der Waals surface area contributed by atoms with Gasteiger partial charge in [-0.2, -0.15) is 0 Å². The lowest BCUT2D eigenvalue weighted by atomic mass is 9.91. The molecule has 104 valence electrons. The molecule has 1 saturated carbocycles. The van der Waals surface area contributed by atoms with Gasteiger partial charge in [0.15, 0.2) is 0 Å². The Morgan fingerprint density at radius 3 is 1.47 bits per heavy atom. The molecular formula is C15H22N2O2. The summed E-state index contributed by atoms with van der Waals surface area (Å²) in [7, 11) is 0. The number of primary amides is 2. The minimum absolute atomic E-state index is 0.361. The van der Waals surface area contributed by atoms with Crippen LogP contribution in [-0.2, 0) is 0 Å². The quantitative estimate of drug-likeness (QED) is 0.857. The molecule has 0 spiro atoms. The first-order valence-corrected chi connectivity index (χ1v) is 6.70. The topological polar surface area (TPSA) is 86.2 Å². The van der Waals surface area contributed by atoms with Crippen LogP contribution in [0.5, 0.6) is 0 Å². The molecule has 1 aliphatic rings. The summed E-state index contributed by atoms with van der Waals surface area (Å²) in [6.07, 6.45) is 7.44. The summed E-state index contributed by atoms with van der Waals surface area (Å²) in [5.74, 6) is -0.00853. The van der Waals surface area contributed by atoms with Gasteiger partial charge in [0.25, 0.3) is 0 Å². The van der Waals surface area contributed by atoms with Gasteiger partial charge in [-0.15, -0.1) is 0 Å². The van der Waals surface area contributed by atoms with E-state index in [2.05, 4.69) is 6.92 Å². The van der Waals surface area contributed by atoms with Gasteiger partial charge in [-0.05, 0) is 30.2 Å². The molecule has 0 saturated heterocycles. The number of hydrogen-bond acceptors (Lipinski definition) is 2. The molecule has 4 heteroatoms. The van der Waals surface area contributed by atoms with E-state index in [1.54, 1.807) is 0 Å². The first kappa shape index (κ1) is 15.2. The second-order valence-electron chi connectivity index (χ2n) is 5.05. The van der Waals surface area contributed by atoms with E-state index in [0.717, 1.165) is 5.92 Å². The predicted octanol–water partition coefficient (Wildman–Crippen LogP) is 2.47. The van der Waals surface area contributed by atoms with Gasteiger partial charge in [-0.3, -0.25) is 9.59 Å². The van der Waals surface area contributed by atoms with Crippen LogP contribution in [0.25, 0.3) is 0 Å². The SMILES string of the molecule is CC1CCCCC1.NC(=O)c1ccc(C(N)=O)cc1. The van der Waals surface area contributed by atoms with Crippen molar-refractivity contribution in [3.05, 3.63) is 35.4 Å². The molecule has 1 aliphatic carbocycles. The van der Waals surface area contributed by atoms with Crippen molar-refractivity contribution in [2.45, 2.75) is 39.0 Å². The van der Waals surface area contributed by atoms with Crippen molar-refractivity contribution in [1.29, 1.82) is 0 Å². The number of benzene rings is 1. The maximum absolute atomic E-state index is 10.6. The molecule has 0 bridgehead atoms. The fourth-order valence-corrected chi connectivity index (χ4v) is 2.11. The van der Waals surface area contributed by atoms with Crippen LogP contribution >= 0.6 is 0 Å². The fraction of sp³-hybridized carbons (Fsp3) is 0.467. The van der Waals surface area contributed by atoms with Gasteiger partial charge in [0.2, 0.25) is 11.8 Å². The molecule has 2 amide bonds. The molecule has 0 heterocycles. The van der Waals surface area contributed by atoms with E-state index in [4.69, 9.17) is 11.5 Å². The Kier molecular flexibility index (Phi) is 6.06. The third-order valence-corrected chi connectivity index (χ3v) is 3.35. The van der Waals surface area contributed by atoms with Crippen molar-refractivity contribution < 1.29 is 9.59 Å². The third-order valence-electron chi connectivity index (χ3n) is 3.35. The van der Waals surface area contributed by atoms with Crippen LogP contribution in [0.3, 0.4) is 0 Å². The summed E-state index contributed by atoms with van der Waals surface area (Å²) in [6, 6.07) is 5.84. The summed E-state index contributed by atoms with van der Waals surface area (Å²) in [4.78, 5) is 21.2. The molecule has 0 unspecified atom stereocenters. The van der Waals surface area contributed by atoms with E-state index < -0.39 is 11.8 Å². The third kappa shape index (κ3) is 5.55. The maximum atomic E-state index is 10.6. The Balaban J connectivity index is 0.000000218. The Labute approximate surface area is 114 Å². The van der Waals surface area contributed by atoms with Crippen LogP contribution in [0.15, 0.2) is 24.3 Å². The standard InChI is InChI=1S/C8H8N2O2.C7H14/c9-7(11)5-1-2-6(4-3-5)8(10)12;1-7-5-3-2-4-6-7/h1-4H,(H2,9,11)(H2,10,12);7H,2-6H2,1H3. The molecule has 19 heavy (non-hydrogen) atoms. The lowest BCUT2D eigenvalue weighted by Crippen LogP contribution is -2.13. The smallest absolute Gasteiger partial charge is 0.248 e. The molecule has 4 nitrogen and oxygen atoms in total. The highest BCUT2D eigenvalue weighted by atomic mass is 16.1. The Hall–Kier alpha value is -1.84. The first-order chi connectivity index (χ1) is 9.00. The van der Waals surface area contributed by atoms with Crippen molar-refractivity contribution in [2.24, 2.45) is 17.4 Å². The van der Waals surface area contributed by atoms with E-state index in [0.29, 0.717) is 11.1 Å². The van der Waals surface area contributed by atoms with Crippen LogP contribution in [0.2, 0.25) is 0 Å². The average molecular weight is 262 g/mol. The van der Waals surface area contributed by atoms with E-state index in [1.807, 2.05) is 0 Å². The highest BCUT2D eigenvalue weighted by molar-refractivity contribution is 5.96. The number of amides is 2. The van der Waals surface area contributed by atoms with Crippen LogP contribution in [0, 0.1) is 5.92 Å². The zero-order valence-corrected chi connectivity index (χ0v) is 11.4. The number of carbonyl (C=O) groups is 2. The van der Waals surface area contributed by atoms with Crippen molar-refractivity contribution in [3.63, 3.8) is 0 Å². The van der Waals surface area contributed by atoms with Crippen molar-refractivity contribution in [3.8, 4) is 0 Å². The van der Waals surface area contributed by atoms with Crippen LogP contribution in [-0.4, -0.2) is 11.8 Å². The van der Waals surface area contributed by atoms with Gasteiger partial charge in [0.1, 0.15) is 0 Å². The van der Waals surface area contributed by atoms with Crippen molar-refractivity contribution >= 4 is 11.8 Å². The molecule has 2 rings (SSSR count). The number of rotatable bonds is 2. The van der Waals surface area contributed by atoms with Crippen LogP contribution < -0.4 is 11.5 Å². The summed E-state index contributed by atoms with van der Waals surface area (Å²) in [5, 5.41) is 0. The first-order valence-electron chi connectivity index (χ1n) is 6.70. The predicted molar refractivity (Wildman–Crippen MR) is 75.7 cm³/mol. The maximum Gasteiger partial charge on any atom is 0.248 e. The minimum atomic E-state index is -0.522. The summed E-state index contributed by atoms with van der Waals surface area (Å²) in [5.41, 5.74) is 10.7. The van der Waals surface area contributed by atoms with E-state index in [1.165, 1.54) is 56.4 Å². The van der Waals surface area contributed by atoms with Gasteiger partial charge < -0.3 is 11.5 Å². The van der Waals surface area contributed by atoms with E-state index >= 15 is 0 Å². The lowest BCUT2D eigenvalue weighted by molar-refractivity contribution is 0.0988. The highest BCUT2D eigenvalue weighted by Gasteiger charge is 2.06. The zero-order chi connectivity index (χ0) is 14.3. The van der Waals surface area contributed by atoms with E-state index in [9.17, 15) is 9.59 Å². The van der Waals surface area contributed by atoms with Crippen LogP contribution in [0.1, 0.15) is 59.7 Å². The fourth-order valence-electron chi connectivity index (χ4n) is 2.11. The molecule has 1 aromatic rings. The average Bonchev–Trinajstić information content (AvgIpc) is 2.40. The molecule has 0 aliphatic heterocycles. The summed E-state index contributed by atoms with van der Waals surface area (Å²) < 4.78 is 0. The Bertz CT molecular complexity index is 387. The van der Waals surface area contributed by atoms with Crippen LogP contribution in [0.4, 0.5) is 0 Å². The molecule has 4 N–H and O–H groups in total. The second-order valence-corrected chi connectivity index (χ2v) is 5.05. The monoisotopic (exact) mass is 262 g/mol. The normalized spacial score (nSPS) is 15.2.